The van der Waals surface area contributed by atoms with Crippen molar-refractivity contribution in [3.05, 3.63) is 137 Å². The van der Waals surface area contributed by atoms with E-state index < -0.39 is 0 Å². The number of pyridine rings is 2. The van der Waals surface area contributed by atoms with E-state index in [0.717, 1.165) is 29.4 Å². The Labute approximate surface area is 240 Å². The lowest BCUT2D eigenvalue weighted by Gasteiger charge is -2.28. The summed E-state index contributed by atoms with van der Waals surface area (Å²) in [6.07, 6.45) is 5.57. The summed E-state index contributed by atoms with van der Waals surface area (Å²) in [4.78, 5) is 11.2. The molecule has 1 N–H and O–H groups in total. The van der Waals surface area contributed by atoms with Crippen LogP contribution in [0.2, 0.25) is 0 Å². The molecule has 0 aliphatic carbocycles. The zero-order valence-corrected chi connectivity index (χ0v) is 23.6. The molecule has 6 nitrogen and oxygen atoms in total. The third-order valence-electron chi connectivity index (χ3n) is 7.46. The maximum atomic E-state index is 6.09. The fraction of sp³-hybridized carbons (Fsp3) is 0.182. The third-order valence-corrected chi connectivity index (χ3v) is 7.78. The molecule has 1 aliphatic rings. The molecule has 2 atom stereocenters. The molecule has 0 saturated carbocycles. The van der Waals surface area contributed by atoms with E-state index in [1.807, 2.05) is 73.2 Å². The molecule has 6 rings (SSSR count). The first-order valence-electron chi connectivity index (χ1n) is 13.4. The van der Waals surface area contributed by atoms with Crippen molar-refractivity contribution in [2.75, 3.05) is 4.90 Å². The van der Waals surface area contributed by atoms with Gasteiger partial charge in [0.1, 0.15) is 11.5 Å². The summed E-state index contributed by atoms with van der Waals surface area (Å²) in [5, 5.41) is 4.25. The van der Waals surface area contributed by atoms with Crippen LogP contribution < -0.4 is 15.0 Å². The minimum atomic E-state index is -0.107. The molecular weight excluding hydrogens is 514 g/mol. The zero-order chi connectivity index (χ0) is 27.6. The van der Waals surface area contributed by atoms with Gasteiger partial charge in [-0.15, -0.1) is 0 Å². The standard InChI is InChI=1S/C33H31N5OS/c1-22-9-13-27(14-10-22)39-28-15-11-26(12-16-28)38-32(31(36-33(38)40)30-8-4-5-18-35-30)29-19-23(2)37(24(29)3)21-25-7-6-17-34-20-25/h4-20,31-32H,21H2,1-3H3,(H,36,40)/t31-,32-/m0/s1. The summed E-state index contributed by atoms with van der Waals surface area (Å²) in [5.74, 6) is 1.59. The molecule has 1 saturated heterocycles. The molecule has 5 aromatic rings. The largest absolute Gasteiger partial charge is 0.457 e. The maximum Gasteiger partial charge on any atom is 0.174 e. The second kappa shape index (κ2) is 10.9. The van der Waals surface area contributed by atoms with Crippen molar-refractivity contribution in [1.29, 1.82) is 0 Å². The second-order valence-electron chi connectivity index (χ2n) is 10.2. The van der Waals surface area contributed by atoms with E-state index in [4.69, 9.17) is 21.9 Å². The number of benzene rings is 2. The number of thiocarbonyl (C=S) groups is 1. The third kappa shape index (κ3) is 5.08. The van der Waals surface area contributed by atoms with Gasteiger partial charge in [-0.3, -0.25) is 9.97 Å². The quantitative estimate of drug-likeness (QED) is 0.218. The van der Waals surface area contributed by atoms with E-state index in [0.29, 0.717) is 5.11 Å². The highest BCUT2D eigenvalue weighted by atomic mass is 32.1. The molecule has 1 aliphatic heterocycles. The van der Waals surface area contributed by atoms with Gasteiger partial charge in [0.2, 0.25) is 0 Å². The van der Waals surface area contributed by atoms with Gasteiger partial charge in [0.15, 0.2) is 5.11 Å². The Hall–Kier alpha value is -4.49. The topological polar surface area (TPSA) is 55.2 Å². The van der Waals surface area contributed by atoms with Crippen molar-refractivity contribution in [2.45, 2.75) is 39.4 Å². The highest BCUT2D eigenvalue weighted by Crippen LogP contribution is 2.43. The molecule has 0 bridgehead atoms. The van der Waals surface area contributed by atoms with Crippen molar-refractivity contribution in [3.63, 3.8) is 0 Å². The Morgan fingerprint density at radius 1 is 0.875 bits per heavy atom. The molecule has 0 unspecified atom stereocenters. The number of aryl methyl sites for hydroxylation is 2. The molecule has 1 fully saturated rings. The number of hydrogen-bond donors (Lipinski definition) is 1. The van der Waals surface area contributed by atoms with E-state index in [9.17, 15) is 0 Å². The Morgan fingerprint density at radius 2 is 1.62 bits per heavy atom. The van der Waals surface area contributed by atoms with Crippen LogP contribution in [0.1, 0.15) is 45.9 Å². The minimum Gasteiger partial charge on any atom is -0.457 e. The lowest BCUT2D eigenvalue weighted by molar-refractivity contribution is 0.482. The molecular formula is C33H31N5OS. The van der Waals surface area contributed by atoms with Gasteiger partial charge in [-0.05, 0) is 105 Å². The van der Waals surface area contributed by atoms with E-state index in [2.05, 4.69) is 70.9 Å². The normalized spacial score (nSPS) is 16.7. The van der Waals surface area contributed by atoms with Crippen molar-refractivity contribution in [3.8, 4) is 11.5 Å². The predicted molar refractivity (Wildman–Crippen MR) is 163 cm³/mol. The number of hydrogen-bond acceptors (Lipinski definition) is 4. The second-order valence-corrected chi connectivity index (χ2v) is 10.6. The van der Waals surface area contributed by atoms with Crippen molar-refractivity contribution in [2.24, 2.45) is 0 Å². The summed E-state index contributed by atoms with van der Waals surface area (Å²) in [7, 11) is 0. The first-order valence-corrected chi connectivity index (χ1v) is 13.8. The molecule has 2 aromatic carbocycles. The van der Waals surface area contributed by atoms with E-state index in [1.165, 1.54) is 28.1 Å². The summed E-state index contributed by atoms with van der Waals surface area (Å²) in [6.45, 7) is 7.17. The van der Waals surface area contributed by atoms with Gasteiger partial charge in [-0.1, -0.05) is 29.8 Å². The van der Waals surface area contributed by atoms with E-state index in [1.54, 1.807) is 0 Å². The van der Waals surface area contributed by atoms with Crippen LogP contribution in [0.4, 0.5) is 5.69 Å². The highest BCUT2D eigenvalue weighted by molar-refractivity contribution is 7.80. The van der Waals surface area contributed by atoms with Gasteiger partial charge >= 0.3 is 0 Å². The van der Waals surface area contributed by atoms with Crippen LogP contribution in [0.25, 0.3) is 0 Å². The number of nitrogens with zero attached hydrogens (tertiary/aromatic N) is 4. The van der Waals surface area contributed by atoms with Crippen LogP contribution in [-0.4, -0.2) is 19.6 Å². The monoisotopic (exact) mass is 545 g/mol. The smallest absolute Gasteiger partial charge is 0.174 e. The summed E-state index contributed by atoms with van der Waals surface area (Å²) in [5.41, 5.74) is 7.91. The molecule has 3 aromatic heterocycles. The molecule has 4 heterocycles. The minimum absolute atomic E-state index is 0.0832. The van der Waals surface area contributed by atoms with Crippen molar-refractivity contribution >= 4 is 23.0 Å². The number of ether oxygens (including phenoxy) is 1. The van der Waals surface area contributed by atoms with Crippen LogP contribution in [0.5, 0.6) is 11.5 Å². The van der Waals surface area contributed by atoms with Gasteiger partial charge < -0.3 is 19.5 Å². The summed E-state index contributed by atoms with van der Waals surface area (Å²) < 4.78 is 8.44. The van der Waals surface area contributed by atoms with E-state index in [-0.39, 0.29) is 12.1 Å². The first-order chi connectivity index (χ1) is 19.5. The lowest BCUT2D eigenvalue weighted by Crippen LogP contribution is -2.29. The Kier molecular flexibility index (Phi) is 7.05. The average Bonchev–Trinajstić information content (AvgIpc) is 3.46. The fourth-order valence-corrected chi connectivity index (χ4v) is 5.76. The van der Waals surface area contributed by atoms with Gasteiger partial charge in [-0.2, -0.15) is 0 Å². The van der Waals surface area contributed by atoms with Crippen LogP contribution >= 0.6 is 12.2 Å². The van der Waals surface area contributed by atoms with E-state index >= 15 is 0 Å². The molecule has 0 spiro atoms. The fourth-order valence-electron chi connectivity index (χ4n) is 5.41. The summed E-state index contributed by atoms with van der Waals surface area (Å²) in [6, 6.07) is 28.4. The van der Waals surface area contributed by atoms with Crippen molar-refractivity contribution in [1.82, 2.24) is 19.9 Å². The van der Waals surface area contributed by atoms with Gasteiger partial charge in [0, 0.05) is 42.2 Å². The zero-order valence-electron chi connectivity index (χ0n) is 22.8. The number of nitrogens with one attached hydrogen (secondary N) is 1. The SMILES string of the molecule is Cc1ccc(Oc2ccc(N3C(=S)N[C@@H](c4ccccn4)[C@@H]3c3cc(C)n(Cc4cccnc4)c3C)cc2)cc1. The highest BCUT2D eigenvalue weighted by Gasteiger charge is 2.42. The number of anilines is 1. The molecule has 0 amide bonds. The van der Waals surface area contributed by atoms with Crippen LogP contribution in [-0.2, 0) is 6.54 Å². The number of aromatic nitrogens is 3. The van der Waals surface area contributed by atoms with Crippen LogP contribution in [0.3, 0.4) is 0 Å². The Bertz CT molecular complexity index is 1620. The lowest BCUT2D eigenvalue weighted by atomic mass is 9.96. The van der Waals surface area contributed by atoms with Gasteiger partial charge in [-0.25, -0.2) is 0 Å². The molecule has 40 heavy (non-hydrogen) atoms. The van der Waals surface area contributed by atoms with Crippen LogP contribution in [0, 0.1) is 20.8 Å². The van der Waals surface area contributed by atoms with Gasteiger partial charge in [0.05, 0.1) is 17.8 Å². The molecule has 7 heteroatoms. The van der Waals surface area contributed by atoms with Crippen molar-refractivity contribution < 1.29 is 4.74 Å². The first kappa shape index (κ1) is 25.8. The average molecular weight is 546 g/mol. The molecule has 0 radical (unpaired) electrons. The maximum absolute atomic E-state index is 6.09. The Morgan fingerprint density at radius 3 is 2.30 bits per heavy atom. The number of rotatable bonds is 7. The summed E-state index contributed by atoms with van der Waals surface area (Å²) >= 11 is 5.96. The van der Waals surface area contributed by atoms with Gasteiger partial charge in [0.25, 0.3) is 0 Å². The molecule has 200 valence electrons. The predicted octanol–water partition coefficient (Wildman–Crippen LogP) is 7.22. The Balaban J connectivity index is 1.37. The van der Waals surface area contributed by atoms with Crippen LogP contribution in [0.15, 0.2) is 104 Å².